The summed E-state index contributed by atoms with van der Waals surface area (Å²) in [6.07, 6.45) is 2.85. The summed E-state index contributed by atoms with van der Waals surface area (Å²) in [5, 5.41) is 0. The highest BCUT2D eigenvalue weighted by Crippen LogP contribution is 2.24. The van der Waals surface area contributed by atoms with Crippen molar-refractivity contribution in [2.75, 3.05) is 5.73 Å². The predicted octanol–water partition coefficient (Wildman–Crippen LogP) is 3.09. The van der Waals surface area contributed by atoms with E-state index in [0.717, 1.165) is 35.4 Å². The molecule has 2 N–H and O–H groups in total. The van der Waals surface area contributed by atoms with E-state index in [4.69, 9.17) is 10.7 Å². The van der Waals surface area contributed by atoms with E-state index in [1.54, 1.807) is 6.20 Å². The number of benzene rings is 1. The van der Waals surface area contributed by atoms with Crippen LogP contribution in [0, 0.1) is 0 Å². The Morgan fingerprint density at radius 1 is 1.16 bits per heavy atom. The van der Waals surface area contributed by atoms with Gasteiger partial charge in [-0.15, -0.1) is 0 Å². The van der Waals surface area contributed by atoms with Gasteiger partial charge < -0.3 is 10.3 Å². The fraction of sp³-hybridized carbons (Fsp3) is 0.200. The second kappa shape index (κ2) is 4.72. The third-order valence-corrected chi connectivity index (χ3v) is 3.15. The molecule has 19 heavy (non-hydrogen) atoms. The summed E-state index contributed by atoms with van der Waals surface area (Å²) in [5.74, 6) is 1.48. The molecule has 4 heteroatoms. The minimum Gasteiger partial charge on any atom is -0.384 e. The van der Waals surface area contributed by atoms with Gasteiger partial charge in [0.1, 0.15) is 11.6 Å². The Balaban J connectivity index is 2.21. The van der Waals surface area contributed by atoms with Crippen molar-refractivity contribution in [2.24, 2.45) is 0 Å². The lowest BCUT2D eigenvalue weighted by Crippen LogP contribution is -2.00. The summed E-state index contributed by atoms with van der Waals surface area (Å²) in [5.41, 5.74) is 8.82. The summed E-state index contributed by atoms with van der Waals surface area (Å²) in [6.45, 7) is 3.11. The van der Waals surface area contributed by atoms with Crippen LogP contribution in [0.2, 0.25) is 0 Å². The number of fused-ring (bicyclic) bond motifs is 1. The van der Waals surface area contributed by atoms with Crippen LogP contribution >= 0.6 is 0 Å². The van der Waals surface area contributed by atoms with Crippen molar-refractivity contribution in [3.63, 3.8) is 0 Å². The molecular weight excluding hydrogens is 236 g/mol. The van der Waals surface area contributed by atoms with Gasteiger partial charge in [0.05, 0.1) is 11.0 Å². The van der Waals surface area contributed by atoms with E-state index in [9.17, 15) is 0 Å². The van der Waals surface area contributed by atoms with Crippen LogP contribution in [0.25, 0.3) is 22.4 Å². The molecule has 0 fully saturated rings. The fourth-order valence-electron chi connectivity index (χ4n) is 2.28. The number of nitrogen functional groups attached to an aromatic ring is 1. The molecule has 0 aliphatic heterocycles. The zero-order valence-corrected chi connectivity index (χ0v) is 10.9. The average Bonchev–Trinajstić information content (AvgIpc) is 2.79. The summed E-state index contributed by atoms with van der Waals surface area (Å²) >= 11 is 0. The molecule has 0 spiro atoms. The highest BCUT2D eigenvalue weighted by molar-refractivity contribution is 5.80. The molecule has 3 aromatic rings. The smallest absolute Gasteiger partial charge is 0.142 e. The molecule has 2 aromatic heterocycles. The fourth-order valence-corrected chi connectivity index (χ4v) is 2.28. The van der Waals surface area contributed by atoms with Gasteiger partial charge in [0, 0.05) is 18.3 Å². The monoisotopic (exact) mass is 252 g/mol. The van der Waals surface area contributed by atoms with Crippen molar-refractivity contribution in [1.29, 1.82) is 0 Å². The number of hydrogen-bond donors (Lipinski definition) is 1. The minimum absolute atomic E-state index is 0.530. The Hall–Kier alpha value is -2.36. The van der Waals surface area contributed by atoms with E-state index >= 15 is 0 Å². The molecule has 0 saturated carbocycles. The van der Waals surface area contributed by atoms with Gasteiger partial charge in [-0.3, -0.25) is 0 Å². The Morgan fingerprint density at radius 2 is 2.00 bits per heavy atom. The Labute approximate surface area is 111 Å². The second-order valence-corrected chi connectivity index (χ2v) is 4.55. The first-order valence-corrected chi connectivity index (χ1v) is 6.46. The zero-order chi connectivity index (χ0) is 13.2. The quantitative estimate of drug-likeness (QED) is 0.779. The zero-order valence-electron chi connectivity index (χ0n) is 10.9. The van der Waals surface area contributed by atoms with Crippen molar-refractivity contribution >= 4 is 16.9 Å². The number of pyridine rings is 1. The van der Waals surface area contributed by atoms with Crippen LogP contribution in [-0.4, -0.2) is 14.5 Å². The molecule has 0 atom stereocenters. The number of nitrogens with two attached hydrogens (primary N) is 1. The van der Waals surface area contributed by atoms with E-state index in [2.05, 4.69) is 22.5 Å². The van der Waals surface area contributed by atoms with Crippen molar-refractivity contribution < 1.29 is 0 Å². The molecule has 0 bridgehead atoms. The number of aryl methyl sites for hydroxylation is 1. The molecule has 0 aliphatic carbocycles. The summed E-state index contributed by atoms with van der Waals surface area (Å²) in [6, 6.07) is 12.0. The molecular formula is C15H16N4. The highest BCUT2D eigenvalue weighted by Gasteiger charge is 2.11. The van der Waals surface area contributed by atoms with Crippen molar-refractivity contribution in [3.05, 3.63) is 42.6 Å². The molecule has 0 amide bonds. The summed E-state index contributed by atoms with van der Waals surface area (Å²) in [4.78, 5) is 8.86. The first kappa shape index (κ1) is 11.7. The molecule has 2 heterocycles. The van der Waals surface area contributed by atoms with Crippen molar-refractivity contribution in [3.8, 4) is 11.4 Å². The van der Waals surface area contributed by atoms with Gasteiger partial charge in [-0.2, -0.15) is 0 Å². The van der Waals surface area contributed by atoms with Crippen molar-refractivity contribution in [1.82, 2.24) is 14.5 Å². The largest absolute Gasteiger partial charge is 0.384 e. The van der Waals surface area contributed by atoms with Crippen LogP contribution in [0.15, 0.2) is 42.6 Å². The van der Waals surface area contributed by atoms with Crippen LogP contribution in [-0.2, 0) is 6.54 Å². The lowest BCUT2D eigenvalue weighted by atomic mass is 10.2. The van der Waals surface area contributed by atoms with E-state index < -0.39 is 0 Å². The molecule has 0 radical (unpaired) electrons. The number of hydrogen-bond acceptors (Lipinski definition) is 3. The molecule has 0 saturated heterocycles. The summed E-state index contributed by atoms with van der Waals surface area (Å²) < 4.78 is 2.24. The van der Waals surface area contributed by atoms with Gasteiger partial charge in [0.15, 0.2) is 0 Å². The normalized spacial score (nSPS) is 11.0. The van der Waals surface area contributed by atoms with Gasteiger partial charge in [-0.1, -0.05) is 19.1 Å². The third-order valence-electron chi connectivity index (χ3n) is 3.15. The maximum absolute atomic E-state index is 5.64. The number of anilines is 1. The molecule has 1 aromatic carbocycles. The third kappa shape index (κ3) is 2.05. The topological polar surface area (TPSA) is 56.7 Å². The van der Waals surface area contributed by atoms with Gasteiger partial charge in [-0.05, 0) is 30.7 Å². The lowest BCUT2D eigenvalue weighted by molar-refractivity contribution is 0.704. The first-order valence-electron chi connectivity index (χ1n) is 6.46. The van der Waals surface area contributed by atoms with Gasteiger partial charge in [0.25, 0.3) is 0 Å². The van der Waals surface area contributed by atoms with Gasteiger partial charge in [-0.25, -0.2) is 9.97 Å². The molecule has 4 nitrogen and oxygen atoms in total. The van der Waals surface area contributed by atoms with E-state index in [1.807, 2.05) is 30.3 Å². The number of imidazole rings is 1. The van der Waals surface area contributed by atoms with Gasteiger partial charge >= 0.3 is 0 Å². The lowest BCUT2D eigenvalue weighted by Gasteiger charge is -2.07. The van der Waals surface area contributed by atoms with Crippen LogP contribution in [0.1, 0.15) is 13.3 Å². The molecule has 0 unspecified atom stereocenters. The standard InChI is InChI=1S/C15H16N4/c1-2-9-19-13-6-4-3-5-12(13)18-15(19)11-7-8-14(16)17-10-11/h3-8,10H,2,9H2,1H3,(H2,16,17). The van der Waals surface area contributed by atoms with Gasteiger partial charge in [0.2, 0.25) is 0 Å². The Bertz CT molecular complexity index is 698. The predicted molar refractivity (Wildman–Crippen MR) is 77.7 cm³/mol. The van der Waals surface area contributed by atoms with Crippen LogP contribution in [0.5, 0.6) is 0 Å². The number of rotatable bonds is 3. The van der Waals surface area contributed by atoms with E-state index in [-0.39, 0.29) is 0 Å². The summed E-state index contributed by atoms with van der Waals surface area (Å²) in [7, 11) is 0. The average molecular weight is 252 g/mol. The van der Waals surface area contributed by atoms with E-state index in [1.165, 1.54) is 0 Å². The number of para-hydroxylation sites is 2. The Morgan fingerprint density at radius 3 is 2.74 bits per heavy atom. The number of aromatic nitrogens is 3. The molecule has 0 aliphatic rings. The minimum atomic E-state index is 0.530. The SMILES string of the molecule is CCCn1c(-c2ccc(N)nc2)nc2ccccc21. The second-order valence-electron chi connectivity index (χ2n) is 4.55. The van der Waals surface area contributed by atoms with Crippen LogP contribution < -0.4 is 5.73 Å². The molecule has 3 rings (SSSR count). The van der Waals surface area contributed by atoms with Crippen molar-refractivity contribution in [2.45, 2.75) is 19.9 Å². The highest BCUT2D eigenvalue weighted by atomic mass is 15.1. The first-order chi connectivity index (χ1) is 9.29. The maximum Gasteiger partial charge on any atom is 0.142 e. The van der Waals surface area contributed by atoms with Crippen LogP contribution in [0.4, 0.5) is 5.82 Å². The van der Waals surface area contributed by atoms with E-state index in [0.29, 0.717) is 5.82 Å². The maximum atomic E-state index is 5.64. The number of nitrogens with zero attached hydrogens (tertiary/aromatic N) is 3. The Kier molecular flexibility index (Phi) is 2.91. The van der Waals surface area contributed by atoms with Crippen LogP contribution in [0.3, 0.4) is 0 Å². The molecule has 96 valence electrons.